The molecule has 0 aliphatic carbocycles. The summed E-state index contributed by atoms with van der Waals surface area (Å²) in [5.74, 6) is -0.638. The molecule has 2 aromatic heterocycles. The molecule has 0 atom stereocenters. The standard InChI is InChI=1S/C17H13N3O5/c1-9-2-4-13-11(6-9)15(22)10(8-25-13)3-5-14(21)19-12-7-18-17(24)20-16(12)23/h2-8H,1H3,(H,19,21)(H2,18,20,23,24)/b5-3+. The summed E-state index contributed by atoms with van der Waals surface area (Å²) in [5, 5.41) is 2.72. The first-order valence-corrected chi connectivity index (χ1v) is 7.27. The molecule has 1 amide bonds. The second-order valence-corrected chi connectivity index (χ2v) is 5.33. The number of hydrogen-bond acceptors (Lipinski definition) is 5. The molecule has 0 spiro atoms. The lowest BCUT2D eigenvalue weighted by Gasteiger charge is -2.01. The molecule has 0 aliphatic rings. The Morgan fingerprint density at radius 3 is 2.80 bits per heavy atom. The third-order valence-electron chi connectivity index (χ3n) is 3.45. The largest absolute Gasteiger partial charge is 0.463 e. The van der Waals surface area contributed by atoms with Crippen molar-refractivity contribution in [3.63, 3.8) is 0 Å². The zero-order chi connectivity index (χ0) is 18.0. The normalized spacial score (nSPS) is 11.1. The number of aromatic nitrogens is 2. The first-order chi connectivity index (χ1) is 11.9. The quantitative estimate of drug-likeness (QED) is 0.617. The third kappa shape index (κ3) is 3.47. The molecule has 25 heavy (non-hydrogen) atoms. The van der Waals surface area contributed by atoms with Crippen molar-refractivity contribution < 1.29 is 9.21 Å². The number of benzene rings is 1. The van der Waals surface area contributed by atoms with Crippen LogP contribution in [0, 0.1) is 6.92 Å². The van der Waals surface area contributed by atoms with E-state index in [1.54, 1.807) is 12.1 Å². The van der Waals surface area contributed by atoms with E-state index < -0.39 is 17.2 Å². The summed E-state index contributed by atoms with van der Waals surface area (Å²) in [6.07, 6.45) is 4.73. The minimum Gasteiger partial charge on any atom is -0.463 e. The van der Waals surface area contributed by atoms with Gasteiger partial charge in [0.2, 0.25) is 5.91 Å². The Kier molecular flexibility index (Phi) is 4.17. The van der Waals surface area contributed by atoms with Gasteiger partial charge in [-0.2, -0.15) is 0 Å². The number of anilines is 1. The van der Waals surface area contributed by atoms with E-state index in [1.165, 1.54) is 12.3 Å². The fourth-order valence-corrected chi connectivity index (χ4v) is 2.22. The maximum Gasteiger partial charge on any atom is 0.325 e. The second kappa shape index (κ2) is 6.44. The van der Waals surface area contributed by atoms with Gasteiger partial charge >= 0.3 is 5.69 Å². The average molecular weight is 339 g/mol. The SMILES string of the molecule is Cc1ccc2occ(/C=C/C(=O)Nc3c[nH]c(=O)[nH]c3=O)c(=O)c2c1. The number of aryl methyl sites for hydroxylation is 1. The van der Waals surface area contributed by atoms with Crippen LogP contribution in [0.2, 0.25) is 0 Å². The fourth-order valence-electron chi connectivity index (χ4n) is 2.22. The van der Waals surface area contributed by atoms with Gasteiger partial charge in [-0.15, -0.1) is 0 Å². The van der Waals surface area contributed by atoms with Crippen LogP contribution in [0.15, 0.2) is 55.5 Å². The molecule has 0 aliphatic heterocycles. The van der Waals surface area contributed by atoms with Gasteiger partial charge in [-0.25, -0.2) is 4.79 Å². The van der Waals surface area contributed by atoms with Crippen LogP contribution in [-0.4, -0.2) is 15.9 Å². The number of H-pyrrole nitrogens is 2. The minimum atomic E-state index is -0.730. The molecule has 0 radical (unpaired) electrons. The molecule has 0 bridgehead atoms. The summed E-state index contributed by atoms with van der Waals surface area (Å²) < 4.78 is 5.38. The van der Waals surface area contributed by atoms with Gasteiger partial charge in [0.25, 0.3) is 5.56 Å². The highest BCUT2D eigenvalue weighted by atomic mass is 16.3. The van der Waals surface area contributed by atoms with Crippen LogP contribution in [0.3, 0.4) is 0 Å². The molecular weight excluding hydrogens is 326 g/mol. The first-order valence-electron chi connectivity index (χ1n) is 7.27. The van der Waals surface area contributed by atoms with E-state index in [0.29, 0.717) is 11.0 Å². The highest BCUT2D eigenvalue weighted by Crippen LogP contribution is 2.13. The van der Waals surface area contributed by atoms with Gasteiger partial charge in [-0.05, 0) is 25.1 Å². The molecule has 8 nitrogen and oxygen atoms in total. The van der Waals surface area contributed by atoms with Crippen LogP contribution in [0.1, 0.15) is 11.1 Å². The molecule has 0 unspecified atom stereocenters. The molecule has 0 fully saturated rings. The third-order valence-corrected chi connectivity index (χ3v) is 3.45. The van der Waals surface area contributed by atoms with Gasteiger partial charge in [0.05, 0.1) is 10.9 Å². The van der Waals surface area contributed by atoms with Crippen LogP contribution in [-0.2, 0) is 4.79 Å². The number of rotatable bonds is 3. The highest BCUT2D eigenvalue weighted by molar-refractivity contribution is 6.01. The van der Waals surface area contributed by atoms with Crippen LogP contribution in [0.5, 0.6) is 0 Å². The van der Waals surface area contributed by atoms with Gasteiger partial charge in [-0.3, -0.25) is 19.4 Å². The summed E-state index contributed by atoms with van der Waals surface area (Å²) in [7, 11) is 0. The van der Waals surface area contributed by atoms with Crippen molar-refractivity contribution in [3.8, 4) is 0 Å². The first kappa shape index (κ1) is 16.2. The molecular formula is C17H13N3O5. The molecule has 0 saturated heterocycles. The molecule has 3 rings (SSSR count). The Hall–Kier alpha value is -3.68. The highest BCUT2D eigenvalue weighted by Gasteiger charge is 2.07. The summed E-state index contributed by atoms with van der Waals surface area (Å²) in [6.45, 7) is 1.86. The van der Waals surface area contributed by atoms with Crippen LogP contribution >= 0.6 is 0 Å². The fraction of sp³-hybridized carbons (Fsp3) is 0.0588. The zero-order valence-corrected chi connectivity index (χ0v) is 13.1. The van der Waals surface area contributed by atoms with Crippen molar-refractivity contribution >= 4 is 28.6 Å². The van der Waals surface area contributed by atoms with E-state index in [4.69, 9.17) is 4.42 Å². The molecule has 1 aromatic carbocycles. The number of aromatic amines is 2. The maximum absolute atomic E-state index is 12.4. The van der Waals surface area contributed by atoms with Crippen molar-refractivity contribution in [1.82, 2.24) is 9.97 Å². The second-order valence-electron chi connectivity index (χ2n) is 5.33. The van der Waals surface area contributed by atoms with Crippen molar-refractivity contribution in [3.05, 3.63) is 78.9 Å². The monoisotopic (exact) mass is 339 g/mol. The van der Waals surface area contributed by atoms with Crippen molar-refractivity contribution in [2.24, 2.45) is 0 Å². The van der Waals surface area contributed by atoms with E-state index in [-0.39, 0.29) is 16.7 Å². The number of fused-ring (bicyclic) bond motifs is 1. The number of amides is 1. The number of nitrogens with one attached hydrogen (secondary N) is 3. The molecule has 0 saturated carbocycles. The van der Waals surface area contributed by atoms with E-state index in [2.05, 4.69) is 10.3 Å². The van der Waals surface area contributed by atoms with Crippen molar-refractivity contribution in [2.45, 2.75) is 6.92 Å². The maximum atomic E-state index is 12.4. The van der Waals surface area contributed by atoms with Crippen molar-refractivity contribution in [1.29, 1.82) is 0 Å². The van der Waals surface area contributed by atoms with Crippen LogP contribution in [0.4, 0.5) is 5.69 Å². The number of hydrogen-bond donors (Lipinski definition) is 3. The van der Waals surface area contributed by atoms with Crippen LogP contribution in [0.25, 0.3) is 17.0 Å². The molecule has 2 heterocycles. The Labute approximate surface area is 139 Å². The Morgan fingerprint density at radius 2 is 2.04 bits per heavy atom. The van der Waals surface area contributed by atoms with Crippen LogP contribution < -0.4 is 22.0 Å². The lowest BCUT2D eigenvalue weighted by Crippen LogP contribution is -2.25. The lowest BCUT2D eigenvalue weighted by molar-refractivity contribution is -0.111. The number of carbonyl (C=O) groups excluding carboxylic acids is 1. The summed E-state index contributed by atoms with van der Waals surface area (Å²) in [4.78, 5) is 50.9. The van der Waals surface area contributed by atoms with E-state index >= 15 is 0 Å². The Morgan fingerprint density at radius 1 is 1.24 bits per heavy atom. The lowest BCUT2D eigenvalue weighted by atomic mass is 10.1. The average Bonchev–Trinajstić information content (AvgIpc) is 2.57. The molecule has 126 valence electrons. The number of carbonyl (C=O) groups is 1. The smallest absolute Gasteiger partial charge is 0.325 e. The van der Waals surface area contributed by atoms with E-state index in [0.717, 1.165) is 17.8 Å². The predicted molar refractivity (Wildman–Crippen MR) is 92.6 cm³/mol. The molecule has 8 heteroatoms. The van der Waals surface area contributed by atoms with Crippen molar-refractivity contribution in [2.75, 3.05) is 5.32 Å². The summed E-state index contributed by atoms with van der Waals surface area (Å²) in [5.41, 5.74) is -0.225. The minimum absolute atomic E-state index is 0.115. The molecule has 3 N–H and O–H groups in total. The van der Waals surface area contributed by atoms with Gasteiger partial charge in [0.15, 0.2) is 5.43 Å². The summed E-state index contributed by atoms with van der Waals surface area (Å²) in [6, 6.07) is 5.24. The zero-order valence-electron chi connectivity index (χ0n) is 13.1. The van der Waals surface area contributed by atoms with E-state index in [1.807, 2.05) is 18.0 Å². The van der Waals surface area contributed by atoms with E-state index in [9.17, 15) is 19.2 Å². The molecule has 3 aromatic rings. The van der Waals surface area contributed by atoms with Gasteiger partial charge in [0.1, 0.15) is 17.5 Å². The van der Waals surface area contributed by atoms with Gasteiger partial charge in [0, 0.05) is 12.3 Å². The Balaban J connectivity index is 1.86. The Bertz CT molecular complexity index is 1170. The predicted octanol–water partition coefficient (Wildman–Crippen LogP) is 1.13. The topological polar surface area (TPSA) is 125 Å². The van der Waals surface area contributed by atoms with Gasteiger partial charge < -0.3 is 14.7 Å². The van der Waals surface area contributed by atoms with Gasteiger partial charge in [-0.1, -0.05) is 11.6 Å². The summed E-state index contributed by atoms with van der Waals surface area (Å²) >= 11 is 0.